The average Bonchev–Trinajstić information content (AvgIpc) is 2.76. The Labute approximate surface area is 101 Å². The molecule has 4 nitrogen and oxygen atoms in total. The van der Waals surface area contributed by atoms with E-state index in [0.717, 1.165) is 12.8 Å². The summed E-state index contributed by atoms with van der Waals surface area (Å²) in [6, 6.07) is 5.18. The van der Waals surface area contributed by atoms with E-state index in [1.807, 2.05) is 0 Å². The van der Waals surface area contributed by atoms with E-state index < -0.39 is 9.84 Å². The van der Waals surface area contributed by atoms with Gasteiger partial charge in [-0.3, -0.25) is 0 Å². The van der Waals surface area contributed by atoms with Crippen molar-refractivity contribution in [3.05, 3.63) is 24.5 Å². The molecule has 0 aliphatic heterocycles. The lowest BCUT2D eigenvalue weighted by Crippen LogP contribution is -2.07. The molecule has 0 atom stereocenters. The molecule has 92 valence electrons. The number of imidazole rings is 1. The third-order valence-corrected chi connectivity index (χ3v) is 4.60. The van der Waals surface area contributed by atoms with Crippen LogP contribution in [0, 0.1) is 0 Å². The van der Waals surface area contributed by atoms with Crippen LogP contribution >= 0.6 is 0 Å². The van der Waals surface area contributed by atoms with Gasteiger partial charge in [0.1, 0.15) is 0 Å². The maximum absolute atomic E-state index is 12.2. The van der Waals surface area contributed by atoms with E-state index in [2.05, 4.69) is 16.9 Å². The predicted octanol–water partition coefficient (Wildman–Crippen LogP) is 2.53. The molecule has 17 heavy (non-hydrogen) atoms. The lowest BCUT2D eigenvalue weighted by Gasteiger charge is -2.04. The Kier molecular flexibility index (Phi) is 3.47. The van der Waals surface area contributed by atoms with Crippen LogP contribution in [0.2, 0.25) is 0 Å². The fourth-order valence-corrected chi connectivity index (χ4v) is 3.41. The zero-order valence-electron chi connectivity index (χ0n) is 9.81. The largest absolute Gasteiger partial charge is 0.344 e. The number of fused-ring (bicyclic) bond motifs is 1. The van der Waals surface area contributed by atoms with Crippen LogP contribution in [0.5, 0.6) is 0 Å². The number of aromatic nitrogens is 2. The van der Waals surface area contributed by atoms with Crippen molar-refractivity contribution in [2.75, 3.05) is 5.75 Å². The lowest BCUT2D eigenvalue weighted by atomic mass is 10.3. The van der Waals surface area contributed by atoms with Crippen molar-refractivity contribution in [3.8, 4) is 0 Å². The summed E-state index contributed by atoms with van der Waals surface area (Å²) < 4.78 is 24.3. The minimum Gasteiger partial charge on any atom is -0.344 e. The summed E-state index contributed by atoms with van der Waals surface area (Å²) >= 11 is 0. The van der Waals surface area contributed by atoms with Crippen molar-refractivity contribution in [1.82, 2.24) is 9.97 Å². The van der Waals surface area contributed by atoms with Crippen LogP contribution < -0.4 is 0 Å². The molecule has 5 heteroatoms. The van der Waals surface area contributed by atoms with E-state index >= 15 is 0 Å². The molecular weight excluding hydrogens is 236 g/mol. The molecule has 1 heterocycles. The van der Waals surface area contributed by atoms with Crippen molar-refractivity contribution < 1.29 is 8.42 Å². The first kappa shape index (κ1) is 12.1. The van der Waals surface area contributed by atoms with Gasteiger partial charge in [-0.15, -0.1) is 0 Å². The zero-order valence-corrected chi connectivity index (χ0v) is 10.6. The molecule has 2 aromatic rings. The van der Waals surface area contributed by atoms with E-state index in [1.165, 1.54) is 6.33 Å². The first-order chi connectivity index (χ1) is 8.15. The van der Waals surface area contributed by atoms with Gasteiger partial charge in [0.25, 0.3) is 0 Å². The molecule has 1 N–H and O–H groups in total. The normalized spacial score (nSPS) is 12.1. The Hall–Kier alpha value is -1.36. The van der Waals surface area contributed by atoms with E-state index in [-0.39, 0.29) is 5.75 Å². The number of unbranched alkanes of at least 4 members (excludes halogenated alkanes) is 2. The van der Waals surface area contributed by atoms with E-state index in [9.17, 15) is 8.42 Å². The molecule has 0 spiro atoms. The van der Waals surface area contributed by atoms with Gasteiger partial charge in [-0.2, -0.15) is 0 Å². The molecule has 0 bridgehead atoms. The number of para-hydroxylation sites is 1. The number of H-pyrrole nitrogens is 1. The smallest absolute Gasteiger partial charge is 0.180 e. The van der Waals surface area contributed by atoms with Crippen LogP contribution in [0.4, 0.5) is 0 Å². The summed E-state index contributed by atoms with van der Waals surface area (Å²) in [7, 11) is -3.20. The van der Waals surface area contributed by atoms with Crippen molar-refractivity contribution in [2.24, 2.45) is 0 Å². The van der Waals surface area contributed by atoms with Crippen molar-refractivity contribution >= 4 is 20.9 Å². The Balaban J connectivity index is 2.35. The number of benzene rings is 1. The fourth-order valence-electron chi connectivity index (χ4n) is 1.85. The van der Waals surface area contributed by atoms with Gasteiger partial charge in [-0.25, -0.2) is 13.4 Å². The number of aromatic amines is 1. The fraction of sp³-hybridized carbons (Fsp3) is 0.417. The average molecular weight is 252 g/mol. The van der Waals surface area contributed by atoms with Gasteiger partial charge in [0, 0.05) is 0 Å². The molecule has 0 saturated carbocycles. The van der Waals surface area contributed by atoms with E-state index in [4.69, 9.17) is 0 Å². The SMILES string of the molecule is CCCCCS(=O)(=O)c1cccc2nc[nH]c12. The summed E-state index contributed by atoms with van der Waals surface area (Å²) in [6.45, 7) is 2.06. The Morgan fingerprint density at radius 1 is 1.29 bits per heavy atom. The monoisotopic (exact) mass is 252 g/mol. The van der Waals surface area contributed by atoms with Gasteiger partial charge in [0.05, 0.1) is 28.0 Å². The van der Waals surface area contributed by atoms with Crippen LogP contribution in [0.15, 0.2) is 29.4 Å². The molecule has 0 aliphatic carbocycles. The zero-order chi connectivity index (χ0) is 12.3. The van der Waals surface area contributed by atoms with Crippen LogP contribution in [-0.4, -0.2) is 24.1 Å². The predicted molar refractivity (Wildman–Crippen MR) is 67.7 cm³/mol. The van der Waals surface area contributed by atoms with Crippen molar-refractivity contribution in [1.29, 1.82) is 0 Å². The third kappa shape index (κ3) is 2.49. The molecule has 0 unspecified atom stereocenters. The first-order valence-electron chi connectivity index (χ1n) is 5.80. The maximum Gasteiger partial charge on any atom is 0.180 e. The lowest BCUT2D eigenvalue weighted by molar-refractivity contribution is 0.591. The molecule has 0 amide bonds. The highest BCUT2D eigenvalue weighted by Crippen LogP contribution is 2.21. The van der Waals surface area contributed by atoms with Gasteiger partial charge in [-0.1, -0.05) is 25.8 Å². The Morgan fingerprint density at radius 3 is 2.88 bits per heavy atom. The molecule has 0 saturated heterocycles. The second-order valence-corrected chi connectivity index (χ2v) is 6.16. The van der Waals surface area contributed by atoms with Crippen molar-refractivity contribution in [3.63, 3.8) is 0 Å². The molecule has 0 fully saturated rings. The first-order valence-corrected chi connectivity index (χ1v) is 7.45. The highest BCUT2D eigenvalue weighted by atomic mass is 32.2. The molecule has 0 aliphatic rings. The number of nitrogens with zero attached hydrogens (tertiary/aromatic N) is 1. The second-order valence-electron chi connectivity index (χ2n) is 4.08. The number of sulfone groups is 1. The number of hydrogen-bond acceptors (Lipinski definition) is 3. The quantitative estimate of drug-likeness (QED) is 0.832. The highest BCUT2D eigenvalue weighted by Gasteiger charge is 2.17. The summed E-state index contributed by atoms with van der Waals surface area (Å²) in [5.74, 6) is 0.207. The number of rotatable bonds is 5. The molecule has 1 aromatic carbocycles. The third-order valence-electron chi connectivity index (χ3n) is 2.77. The standard InChI is InChI=1S/C12H16N2O2S/c1-2-3-4-8-17(15,16)11-7-5-6-10-12(11)14-9-13-10/h5-7,9H,2-4,8H2,1H3,(H,13,14). The summed E-state index contributed by atoms with van der Waals surface area (Å²) in [4.78, 5) is 7.33. The summed E-state index contributed by atoms with van der Waals surface area (Å²) in [5.41, 5.74) is 1.31. The maximum atomic E-state index is 12.2. The van der Waals surface area contributed by atoms with Crippen LogP contribution in [-0.2, 0) is 9.84 Å². The second kappa shape index (κ2) is 4.87. The number of nitrogens with one attached hydrogen (secondary N) is 1. The Morgan fingerprint density at radius 2 is 2.12 bits per heavy atom. The molecule has 0 radical (unpaired) electrons. The molecular formula is C12H16N2O2S. The summed E-state index contributed by atoms with van der Waals surface area (Å²) in [5, 5.41) is 0. The van der Waals surface area contributed by atoms with Crippen molar-refractivity contribution in [2.45, 2.75) is 31.1 Å². The van der Waals surface area contributed by atoms with E-state index in [1.54, 1.807) is 18.2 Å². The molecule has 2 rings (SSSR count). The van der Waals surface area contributed by atoms with Gasteiger partial charge >= 0.3 is 0 Å². The topological polar surface area (TPSA) is 62.8 Å². The molecule has 1 aromatic heterocycles. The van der Waals surface area contributed by atoms with Crippen LogP contribution in [0.1, 0.15) is 26.2 Å². The number of hydrogen-bond donors (Lipinski definition) is 1. The van der Waals surface area contributed by atoms with Crippen LogP contribution in [0.25, 0.3) is 11.0 Å². The van der Waals surface area contributed by atoms with Gasteiger partial charge in [0.15, 0.2) is 9.84 Å². The Bertz CT molecular complexity index is 602. The van der Waals surface area contributed by atoms with Gasteiger partial charge < -0.3 is 4.98 Å². The summed E-state index contributed by atoms with van der Waals surface area (Å²) in [6.07, 6.45) is 4.20. The van der Waals surface area contributed by atoms with Crippen LogP contribution in [0.3, 0.4) is 0 Å². The van der Waals surface area contributed by atoms with E-state index in [0.29, 0.717) is 22.3 Å². The highest BCUT2D eigenvalue weighted by molar-refractivity contribution is 7.91. The van der Waals surface area contributed by atoms with Gasteiger partial charge in [0.2, 0.25) is 0 Å². The minimum atomic E-state index is -3.20. The minimum absolute atomic E-state index is 0.207. The van der Waals surface area contributed by atoms with Gasteiger partial charge in [-0.05, 0) is 18.6 Å².